The number of thiophene rings is 2. The van der Waals surface area contributed by atoms with Crippen molar-refractivity contribution in [2.45, 2.75) is 89.8 Å². The molecule has 2 aromatic heterocycles. The summed E-state index contributed by atoms with van der Waals surface area (Å²) in [7, 11) is -0.695. The van der Waals surface area contributed by atoms with Crippen molar-refractivity contribution in [1.29, 1.82) is 0 Å². The number of aryl methyl sites for hydroxylation is 2. The predicted molar refractivity (Wildman–Crippen MR) is 170 cm³/mol. The van der Waals surface area contributed by atoms with Crippen LogP contribution in [0.2, 0.25) is 16.6 Å². The first kappa shape index (κ1) is 33.4. The summed E-state index contributed by atoms with van der Waals surface area (Å²) < 4.78 is 97.7. The molecular weight excluding hydrogens is 619 g/mol. The lowest BCUT2D eigenvalue weighted by atomic mass is 9.95. The van der Waals surface area contributed by atoms with Gasteiger partial charge in [-0.25, -0.2) is 0 Å². The van der Waals surface area contributed by atoms with Crippen molar-refractivity contribution in [2.24, 2.45) is 0 Å². The normalized spacial score (nSPS) is 17.6. The van der Waals surface area contributed by atoms with E-state index in [0.717, 1.165) is 22.7 Å². The van der Waals surface area contributed by atoms with Gasteiger partial charge in [0.2, 0.25) is 0 Å². The van der Waals surface area contributed by atoms with Crippen LogP contribution in [-0.4, -0.2) is 33.0 Å². The molecule has 1 aliphatic carbocycles. The quantitative estimate of drug-likeness (QED) is 0.140. The number of benzene rings is 1. The van der Waals surface area contributed by atoms with Crippen LogP contribution in [0.3, 0.4) is 0 Å². The number of alkyl halides is 6. The Labute approximate surface area is 259 Å². The topological polar surface area (TPSA) is 9.23 Å². The maximum atomic E-state index is 15.6. The molecular formula is C33H36F6OS2Si. The molecule has 232 valence electrons. The van der Waals surface area contributed by atoms with E-state index in [0.29, 0.717) is 37.7 Å². The Hall–Kier alpha value is -2.48. The van der Waals surface area contributed by atoms with Crippen LogP contribution in [0.1, 0.15) is 67.3 Å². The van der Waals surface area contributed by atoms with Gasteiger partial charge in [-0.05, 0) is 83.6 Å². The summed E-state index contributed by atoms with van der Waals surface area (Å²) in [5.41, 5.74) is 1.79. The third kappa shape index (κ3) is 5.19. The average Bonchev–Trinajstić information content (AvgIpc) is 3.50. The summed E-state index contributed by atoms with van der Waals surface area (Å²) in [6.07, 6.45) is 0. The smallest absolute Gasteiger partial charge is 0.380 e. The maximum Gasteiger partial charge on any atom is 0.380 e. The van der Waals surface area contributed by atoms with Crippen molar-refractivity contribution >= 4 is 41.9 Å². The zero-order valence-corrected chi connectivity index (χ0v) is 28.3. The molecule has 2 heterocycles. The first-order chi connectivity index (χ1) is 19.8. The molecule has 1 aromatic carbocycles. The molecule has 0 saturated heterocycles. The summed E-state index contributed by atoms with van der Waals surface area (Å²) in [4.78, 5) is 1.36. The van der Waals surface area contributed by atoms with Gasteiger partial charge in [-0.1, -0.05) is 47.5 Å². The van der Waals surface area contributed by atoms with Crippen molar-refractivity contribution in [3.05, 3.63) is 62.2 Å². The number of hydrogen-bond acceptors (Lipinski definition) is 3. The Kier molecular flexibility index (Phi) is 8.91. The molecule has 0 radical (unpaired) electrons. The average molecular weight is 655 g/mol. The summed E-state index contributed by atoms with van der Waals surface area (Å²) in [5, 5.41) is 0. The van der Waals surface area contributed by atoms with Gasteiger partial charge in [-0.15, -0.1) is 28.2 Å². The lowest BCUT2D eigenvalue weighted by molar-refractivity contribution is -0.254. The molecule has 1 nitrogen and oxygen atoms in total. The number of ether oxygens (including phenoxy) is 1. The largest absolute Gasteiger partial charge is 0.497 e. The second kappa shape index (κ2) is 11.5. The fourth-order valence-corrected chi connectivity index (χ4v) is 13.7. The molecule has 1 aliphatic rings. The van der Waals surface area contributed by atoms with Gasteiger partial charge in [0.15, 0.2) is 0 Å². The van der Waals surface area contributed by atoms with Crippen molar-refractivity contribution in [3.8, 4) is 27.7 Å². The van der Waals surface area contributed by atoms with Crippen LogP contribution >= 0.6 is 22.7 Å². The molecule has 3 aromatic rings. The van der Waals surface area contributed by atoms with Crippen molar-refractivity contribution in [2.75, 3.05) is 7.11 Å². The molecule has 0 amide bonds. The Morgan fingerprint density at radius 3 is 1.65 bits per heavy atom. The van der Waals surface area contributed by atoms with Gasteiger partial charge in [0.1, 0.15) is 13.8 Å². The highest BCUT2D eigenvalue weighted by Crippen LogP contribution is 2.66. The van der Waals surface area contributed by atoms with Crippen LogP contribution in [0.25, 0.3) is 21.6 Å². The highest BCUT2D eigenvalue weighted by Gasteiger charge is 2.80. The Balaban J connectivity index is 1.95. The van der Waals surface area contributed by atoms with Gasteiger partial charge in [0, 0.05) is 25.8 Å². The fraction of sp³-hybridized carbons (Fsp3) is 0.455. The zero-order chi connectivity index (χ0) is 32.3. The third-order valence-corrected chi connectivity index (χ3v) is 17.0. The molecule has 0 fully saturated rings. The van der Waals surface area contributed by atoms with E-state index < -0.39 is 37.0 Å². The molecule has 43 heavy (non-hydrogen) atoms. The Bertz CT molecular complexity index is 1580. The first-order valence-corrected chi connectivity index (χ1v) is 18.0. The van der Waals surface area contributed by atoms with Crippen molar-refractivity contribution in [1.82, 2.24) is 0 Å². The lowest BCUT2D eigenvalue weighted by Crippen LogP contribution is -2.48. The van der Waals surface area contributed by atoms with E-state index in [1.54, 1.807) is 24.3 Å². The van der Waals surface area contributed by atoms with Crippen LogP contribution in [0, 0.1) is 25.3 Å². The molecule has 0 unspecified atom stereocenters. The first-order valence-electron chi connectivity index (χ1n) is 14.1. The second-order valence-electron chi connectivity index (χ2n) is 12.0. The molecule has 0 saturated carbocycles. The van der Waals surface area contributed by atoms with Crippen LogP contribution in [0.15, 0.2) is 36.4 Å². The van der Waals surface area contributed by atoms with Gasteiger partial charge in [0.25, 0.3) is 0 Å². The van der Waals surface area contributed by atoms with E-state index in [4.69, 9.17) is 4.74 Å². The number of rotatable bonds is 7. The van der Waals surface area contributed by atoms with Gasteiger partial charge in [-0.2, -0.15) is 26.3 Å². The molecule has 0 atom stereocenters. The van der Waals surface area contributed by atoms with Crippen LogP contribution in [0.5, 0.6) is 5.75 Å². The fourth-order valence-electron chi connectivity index (χ4n) is 6.46. The van der Waals surface area contributed by atoms with E-state index in [1.165, 1.54) is 33.1 Å². The van der Waals surface area contributed by atoms with E-state index in [9.17, 15) is 0 Å². The van der Waals surface area contributed by atoms with E-state index in [1.807, 2.05) is 0 Å². The minimum atomic E-state index is -5.62. The number of halogens is 6. The highest BCUT2D eigenvalue weighted by atomic mass is 32.1. The van der Waals surface area contributed by atoms with Gasteiger partial charge < -0.3 is 4.74 Å². The molecule has 0 N–H and O–H groups in total. The number of allylic oxidation sites excluding steroid dienone is 2. The van der Waals surface area contributed by atoms with E-state index >= 15 is 26.3 Å². The van der Waals surface area contributed by atoms with Crippen LogP contribution in [0.4, 0.5) is 26.3 Å². The minimum Gasteiger partial charge on any atom is -0.497 e. The summed E-state index contributed by atoms with van der Waals surface area (Å²) in [5.74, 6) is -12.1. The van der Waals surface area contributed by atoms with Gasteiger partial charge in [0.05, 0.1) is 12.0 Å². The van der Waals surface area contributed by atoms with Gasteiger partial charge >= 0.3 is 17.8 Å². The predicted octanol–water partition coefficient (Wildman–Crippen LogP) is 11.5. The van der Waals surface area contributed by atoms with Crippen LogP contribution < -0.4 is 4.74 Å². The molecule has 10 heteroatoms. The second-order valence-corrected chi connectivity index (χ2v) is 20.1. The number of hydrogen-bond donors (Lipinski definition) is 0. The van der Waals surface area contributed by atoms with Crippen molar-refractivity contribution < 1.29 is 31.1 Å². The van der Waals surface area contributed by atoms with E-state index in [2.05, 4.69) is 53.0 Å². The molecule has 0 bridgehead atoms. The maximum absolute atomic E-state index is 15.6. The lowest BCUT2D eigenvalue weighted by Gasteiger charge is -2.38. The summed E-state index contributed by atoms with van der Waals surface area (Å²) in [6, 6.07) is 9.34. The Morgan fingerprint density at radius 1 is 0.721 bits per heavy atom. The summed E-state index contributed by atoms with van der Waals surface area (Å²) in [6.45, 7) is 15.8. The Morgan fingerprint density at radius 2 is 1.19 bits per heavy atom. The highest BCUT2D eigenvalue weighted by molar-refractivity contribution is 7.15. The molecule has 0 aliphatic heterocycles. The standard InChI is InChI=1S/C33H36F6OS2Si/c1-18(2)43(19(3)4,20(5)6)15-14-25-16-26(21(7)41-25)29-30(32(36,37)33(38,39)31(29,34)35)27-17-28(42-22(27)8)23-10-12-24(40-9)13-11-23/h10-13,16-20H,1-9H3. The summed E-state index contributed by atoms with van der Waals surface area (Å²) >= 11 is 2.15. The molecule has 4 rings (SSSR count). The third-order valence-electron chi connectivity index (χ3n) is 8.68. The minimum absolute atomic E-state index is 0.235. The van der Waals surface area contributed by atoms with Crippen molar-refractivity contribution in [3.63, 3.8) is 0 Å². The van der Waals surface area contributed by atoms with Gasteiger partial charge in [-0.3, -0.25) is 0 Å². The number of methoxy groups -OCH3 is 1. The van der Waals surface area contributed by atoms with E-state index in [-0.39, 0.29) is 20.9 Å². The zero-order valence-electron chi connectivity index (χ0n) is 25.7. The SMILES string of the molecule is COc1ccc(-c2cc(C3=C(c4cc(C#C[Si](C(C)C)(C(C)C)C(C)C)sc4C)C(F)(F)C(F)(F)C3(F)F)c(C)s2)cc1. The molecule has 0 spiro atoms. The monoisotopic (exact) mass is 654 g/mol. The van der Waals surface area contributed by atoms with Crippen LogP contribution in [-0.2, 0) is 0 Å².